The average Bonchev–Trinajstić information content (AvgIpc) is 3.61. The summed E-state index contributed by atoms with van der Waals surface area (Å²) < 4.78 is 10.9. The number of hydrogen-bond donors (Lipinski definition) is 1. The molecule has 2 fully saturated rings. The second-order valence-electron chi connectivity index (χ2n) is 9.98. The number of Topliss-reactive ketones (excluding diaryl/α,β-unsaturated/α-hetero) is 1. The molecule has 0 bridgehead atoms. The summed E-state index contributed by atoms with van der Waals surface area (Å²) in [4.78, 5) is 41.8. The Bertz CT molecular complexity index is 1450. The van der Waals surface area contributed by atoms with Gasteiger partial charge < -0.3 is 14.8 Å². The molecule has 0 saturated carbocycles. The number of fused-ring (bicyclic) bond motifs is 4. The fraction of sp³-hybridized carbons (Fsp3) is 0.310. The van der Waals surface area contributed by atoms with E-state index in [4.69, 9.17) is 9.47 Å². The third-order valence-electron chi connectivity index (χ3n) is 8.33. The Kier molecular flexibility index (Phi) is 5.68. The molecule has 6 rings (SSSR count). The molecule has 0 aliphatic carbocycles. The summed E-state index contributed by atoms with van der Waals surface area (Å²) in [5.41, 5.74) is 1.36. The number of rotatable bonds is 6. The van der Waals surface area contributed by atoms with E-state index in [9.17, 15) is 19.7 Å². The first-order valence-corrected chi connectivity index (χ1v) is 12.6. The molecule has 38 heavy (non-hydrogen) atoms. The van der Waals surface area contributed by atoms with Gasteiger partial charge in [0, 0.05) is 40.9 Å². The summed E-state index contributed by atoms with van der Waals surface area (Å²) in [7, 11) is 3.12. The fourth-order valence-electron chi connectivity index (χ4n) is 6.81. The minimum absolute atomic E-state index is 0.0194. The van der Waals surface area contributed by atoms with Crippen molar-refractivity contribution in [3.05, 3.63) is 93.5 Å². The topological polar surface area (TPSA) is 111 Å². The van der Waals surface area contributed by atoms with Crippen molar-refractivity contribution in [2.45, 2.75) is 30.3 Å². The summed E-state index contributed by atoms with van der Waals surface area (Å²) >= 11 is 0. The van der Waals surface area contributed by atoms with Crippen LogP contribution in [0, 0.1) is 16.0 Å². The van der Waals surface area contributed by atoms with Gasteiger partial charge in [0.1, 0.15) is 17.0 Å². The maximum absolute atomic E-state index is 14.6. The standard InChI is InChI=1S/C29H27N3O6/c1-37-20-6-3-5-18(15-20)27(33)26-25(17-8-10-19(11-9-17)32(35)36)24-7-4-14-31(24)29(26)22-16-21(38-2)12-13-23(22)30-28(29)34/h3,5-6,8-13,15-16,24-26H,4,7,14H2,1-2H3,(H,30,34)/t24?,25?,26?,29-/m1/s1. The van der Waals surface area contributed by atoms with E-state index in [2.05, 4.69) is 10.2 Å². The van der Waals surface area contributed by atoms with Gasteiger partial charge in [-0.2, -0.15) is 0 Å². The number of carbonyl (C=O) groups is 2. The van der Waals surface area contributed by atoms with Gasteiger partial charge in [-0.05, 0) is 55.3 Å². The number of nitrogens with one attached hydrogen (secondary N) is 1. The van der Waals surface area contributed by atoms with E-state index in [0.717, 1.165) is 24.0 Å². The zero-order valence-electron chi connectivity index (χ0n) is 21.0. The van der Waals surface area contributed by atoms with Crippen molar-refractivity contribution < 1.29 is 24.0 Å². The zero-order chi connectivity index (χ0) is 26.6. The Morgan fingerprint density at radius 3 is 2.50 bits per heavy atom. The van der Waals surface area contributed by atoms with Crippen molar-refractivity contribution in [2.24, 2.45) is 5.92 Å². The molecule has 3 aromatic rings. The van der Waals surface area contributed by atoms with E-state index in [1.54, 1.807) is 56.7 Å². The molecular formula is C29H27N3O6. The molecule has 3 aliphatic heterocycles. The molecule has 3 heterocycles. The van der Waals surface area contributed by atoms with Crippen molar-refractivity contribution in [2.75, 3.05) is 26.1 Å². The summed E-state index contributed by atoms with van der Waals surface area (Å²) in [5, 5.41) is 14.4. The first-order chi connectivity index (χ1) is 18.4. The lowest BCUT2D eigenvalue weighted by Gasteiger charge is -2.37. The Morgan fingerprint density at radius 1 is 1.05 bits per heavy atom. The molecule has 0 radical (unpaired) electrons. The maximum Gasteiger partial charge on any atom is 0.269 e. The second kappa shape index (κ2) is 8.95. The van der Waals surface area contributed by atoms with Crippen LogP contribution in [-0.4, -0.2) is 48.3 Å². The molecule has 1 spiro atoms. The van der Waals surface area contributed by atoms with Crippen molar-refractivity contribution in [3.63, 3.8) is 0 Å². The predicted molar refractivity (Wildman–Crippen MR) is 140 cm³/mol. The van der Waals surface area contributed by atoms with E-state index < -0.39 is 16.4 Å². The average molecular weight is 514 g/mol. The van der Waals surface area contributed by atoms with Crippen molar-refractivity contribution in [1.82, 2.24) is 4.90 Å². The molecular weight excluding hydrogens is 486 g/mol. The Balaban J connectivity index is 1.60. The second-order valence-corrected chi connectivity index (χ2v) is 9.98. The number of anilines is 1. The third-order valence-corrected chi connectivity index (χ3v) is 8.33. The van der Waals surface area contributed by atoms with Crippen molar-refractivity contribution >= 4 is 23.1 Å². The van der Waals surface area contributed by atoms with Gasteiger partial charge in [-0.15, -0.1) is 0 Å². The number of carbonyl (C=O) groups excluding carboxylic acids is 2. The van der Waals surface area contributed by atoms with E-state index >= 15 is 0 Å². The molecule has 3 aromatic carbocycles. The molecule has 1 amide bonds. The minimum atomic E-state index is -1.25. The SMILES string of the molecule is COc1cccc(C(=O)C2C(c3ccc([N+](=O)[O-])cc3)C3CCCN3[C@@]23C(=O)Nc2ccc(OC)cc23)c1. The zero-order valence-corrected chi connectivity index (χ0v) is 21.0. The molecule has 3 unspecified atom stereocenters. The van der Waals surface area contributed by atoms with E-state index in [1.165, 1.54) is 12.1 Å². The van der Waals surface area contributed by atoms with Crippen LogP contribution >= 0.6 is 0 Å². The number of nitro groups is 1. The lowest BCUT2D eigenvalue weighted by molar-refractivity contribution is -0.384. The number of ether oxygens (including phenoxy) is 2. The van der Waals surface area contributed by atoms with Crippen LogP contribution in [0.15, 0.2) is 66.7 Å². The lowest BCUT2D eigenvalue weighted by atomic mass is 9.68. The Hall–Kier alpha value is -4.24. The van der Waals surface area contributed by atoms with Crippen LogP contribution in [0.2, 0.25) is 0 Å². The van der Waals surface area contributed by atoms with Gasteiger partial charge in [-0.1, -0.05) is 24.3 Å². The van der Waals surface area contributed by atoms with Gasteiger partial charge in [0.15, 0.2) is 5.78 Å². The number of nitro benzene ring substituents is 1. The van der Waals surface area contributed by atoms with Gasteiger partial charge >= 0.3 is 0 Å². The normalized spacial score (nSPS) is 25.6. The summed E-state index contributed by atoms with van der Waals surface area (Å²) in [5.74, 6) is -0.407. The van der Waals surface area contributed by atoms with E-state index in [0.29, 0.717) is 29.3 Å². The van der Waals surface area contributed by atoms with Crippen molar-refractivity contribution in [3.8, 4) is 11.5 Å². The number of benzene rings is 3. The van der Waals surface area contributed by atoms with Crippen LogP contribution in [0.4, 0.5) is 11.4 Å². The van der Waals surface area contributed by atoms with Crippen LogP contribution in [0.3, 0.4) is 0 Å². The highest BCUT2D eigenvalue weighted by molar-refractivity contribution is 6.12. The Morgan fingerprint density at radius 2 is 1.79 bits per heavy atom. The van der Waals surface area contributed by atoms with Gasteiger partial charge in [0.2, 0.25) is 5.91 Å². The summed E-state index contributed by atoms with van der Waals surface area (Å²) in [6.07, 6.45) is 1.68. The van der Waals surface area contributed by atoms with Gasteiger partial charge in [-0.3, -0.25) is 24.6 Å². The van der Waals surface area contributed by atoms with E-state index in [-0.39, 0.29) is 29.3 Å². The summed E-state index contributed by atoms with van der Waals surface area (Å²) in [6.45, 7) is 0.653. The molecule has 1 N–H and O–H groups in total. The molecule has 4 atom stereocenters. The van der Waals surface area contributed by atoms with Gasteiger partial charge in [0.05, 0.1) is 25.1 Å². The van der Waals surface area contributed by atoms with Crippen LogP contribution < -0.4 is 14.8 Å². The van der Waals surface area contributed by atoms with Crippen LogP contribution in [0.25, 0.3) is 0 Å². The molecule has 0 aromatic heterocycles. The van der Waals surface area contributed by atoms with Crippen LogP contribution in [-0.2, 0) is 10.3 Å². The fourth-order valence-corrected chi connectivity index (χ4v) is 6.81. The van der Waals surface area contributed by atoms with E-state index in [1.807, 2.05) is 12.1 Å². The third kappa shape index (κ3) is 3.35. The summed E-state index contributed by atoms with van der Waals surface area (Å²) in [6, 6.07) is 18.7. The largest absolute Gasteiger partial charge is 0.497 e. The maximum atomic E-state index is 14.6. The number of methoxy groups -OCH3 is 2. The highest BCUT2D eigenvalue weighted by Gasteiger charge is 2.69. The molecule has 2 saturated heterocycles. The number of amides is 1. The lowest BCUT2D eigenvalue weighted by Crippen LogP contribution is -2.52. The first-order valence-electron chi connectivity index (χ1n) is 12.6. The minimum Gasteiger partial charge on any atom is -0.497 e. The number of nitrogens with zero attached hydrogens (tertiary/aromatic N) is 2. The number of ketones is 1. The van der Waals surface area contributed by atoms with Crippen LogP contribution in [0.1, 0.15) is 40.2 Å². The quantitative estimate of drug-likeness (QED) is 0.293. The van der Waals surface area contributed by atoms with Gasteiger partial charge in [0.25, 0.3) is 5.69 Å². The van der Waals surface area contributed by atoms with Crippen molar-refractivity contribution in [1.29, 1.82) is 0 Å². The molecule has 3 aliphatic rings. The predicted octanol–water partition coefficient (Wildman–Crippen LogP) is 4.52. The highest BCUT2D eigenvalue weighted by atomic mass is 16.6. The number of non-ortho nitro benzene ring substituents is 1. The molecule has 194 valence electrons. The molecule has 9 heteroatoms. The first kappa shape index (κ1) is 24.1. The number of hydrogen-bond acceptors (Lipinski definition) is 7. The Labute approximate surface area is 219 Å². The smallest absolute Gasteiger partial charge is 0.269 e. The monoisotopic (exact) mass is 513 g/mol. The highest BCUT2D eigenvalue weighted by Crippen LogP contribution is 2.61. The van der Waals surface area contributed by atoms with Gasteiger partial charge in [-0.25, -0.2) is 0 Å². The molecule has 9 nitrogen and oxygen atoms in total. The van der Waals surface area contributed by atoms with Crippen LogP contribution in [0.5, 0.6) is 11.5 Å².